The van der Waals surface area contributed by atoms with Gasteiger partial charge >= 0.3 is 6.18 Å². The van der Waals surface area contributed by atoms with E-state index in [0.717, 1.165) is 17.4 Å². The maximum Gasteiger partial charge on any atom is 0.433 e. The molecule has 0 radical (unpaired) electrons. The number of thiophene rings is 1. The second kappa shape index (κ2) is 4.15. The van der Waals surface area contributed by atoms with Crippen molar-refractivity contribution in [3.05, 3.63) is 28.2 Å². The van der Waals surface area contributed by atoms with Gasteiger partial charge in [0, 0.05) is 0 Å². The third-order valence-electron chi connectivity index (χ3n) is 1.86. The fraction of sp³-hybridized carbons (Fsp3) is 0.111. The highest BCUT2D eigenvalue weighted by atomic mass is 35.5. The first kappa shape index (κ1) is 12.1. The summed E-state index contributed by atoms with van der Waals surface area (Å²) in [4.78, 5) is 7.41. The van der Waals surface area contributed by atoms with Gasteiger partial charge in [0.1, 0.15) is 0 Å². The third-order valence-corrected chi connectivity index (χ3v) is 3.11. The van der Waals surface area contributed by atoms with Crippen LogP contribution < -0.4 is 5.73 Å². The minimum atomic E-state index is -4.55. The molecule has 2 N–H and O–H groups in total. The highest BCUT2D eigenvalue weighted by Gasteiger charge is 2.33. The first-order chi connectivity index (χ1) is 7.86. The Hall–Kier alpha value is -1.34. The van der Waals surface area contributed by atoms with Crippen molar-refractivity contribution < 1.29 is 13.2 Å². The summed E-state index contributed by atoms with van der Waals surface area (Å²) >= 11 is 6.82. The van der Waals surface area contributed by atoms with E-state index in [2.05, 4.69) is 9.97 Å². The summed E-state index contributed by atoms with van der Waals surface area (Å²) in [5.41, 5.74) is 4.30. The van der Waals surface area contributed by atoms with Crippen LogP contribution in [0.25, 0.3) is 10.6 Å². The molecule has 0 aliphatic carbocycles. The van der Waals surface area contributed by atoms with Crippen LogP contribution in [-0.4, -0.2) is 9.97 Å². The van der Waals surface area contributed by atoms with E-state index < -0.39 is 17.8 Å². The molecular formula is C9H5ClF3N3S. The average Bonchev–Trinajstić information content (AvgIpc) is 2.62. The Balaban J connectivity index is 2.52. The Morgan fingerprint density at radius 3 is 2.47 bits per heavy atom. The number of rotatable bonds is 1. The van der Waals surface area contributed by atoms with Gasteiger partial charge in [-0.05, 0) is 18.2 Å². The molecule has 2 heterocycles. The molecule has 0 amide bonds. The quantitative estimate of drug-likeness (QED) is 0.870. The molecule has 3 nitrogen and oxygen atoms in total. The van der Waals surface area contributed by atoms with Crippen LogP contribution in [0.1, 0.15) is 5.69 Å². The van der Waals surface area contributed by atoms with Crippen LogP contribution in [-0.2, 0) is 6.18 Å². The number of nitrogens with zero attached hydrogens (tertiary/aromatic N) is 2. The Labute approximate surface area is 103 Å². The maximum absolute atomic E-state index is 12.5. The minimum Gasteiger partial charge on any atom is -0.368 e. The Bertz CT molecular complexity index is 553. The number of nitrogen functional groups attached to an aromatic ring is 1. The number of alkyl halides is 3. The summed E-state index contributed by atoms with van der Waals surface area (Å²) in [5.74, 6) is -0.417. The molecule has 2 aromatic heterocycles. The lowest BCUT2D eigenvalue weighted by Gasteiger charge is -2.07. The minimum absolute atomic E-state index is 0.113. The van der Waals surface area contributed by atoms with Crippen LogP contribution in [0.15, 0.2) is 18.2 Å². The van der Waals surface area contributed by atoms with Crippen molar-refractivity contribution in [2.24, 2.45) is 0 Å². The van der Waals surface area contributed by atoms with E-state index in [4.69, 9.17) is 17.3 Å². The zero-order valence-corrected chi connectivity index (χ0v) is 9.70. The lowest BCUT2D eigenvalue weighted by molar-refractivity contribution is -0.141. The van der Waals surface area contributed by atoms with Crippen LogP contribution >= 0.6 is 22.9 Å². The molecule has 90 valence electrons. The lowest BCUT2D eigenvalue weighted by atomic mass is 10.3. The molecule has 0 bridgehead atoms. The third kappa shape index (κ3) is 2.67. The molecule has 0 saturated carbocycles. The van der Waals surface area contributed by atoms with Gasteiger partial charge in [-0.3, -0.25) is 0 Å². The number of anilines is 1. The van der Waals surface area contributed by atoms with Gasteiger partial charge < -0.3 is 5.73 Å². The van der Waals surface area contributed by atoms with E-state index in [-0.39, 0.29) is 5.69 Å². The second-order valence-corrected chi connectivity index (χ2v) is 4.81. The predicted octanol–water partition coefficient (Wildman–Crippen LogP) is 3.46. The maximum atomic E-state index is 12.5. The number of nitrogens with two attached hydrogens (primary N) is 1. The number of halogens is 4. The van der Waals surface area contributed by atoms with Crippen LogP contribution in [0.5, 0.6) is 0 Å². The van der Waals surface area contributed by atoms with Crippen molar-refractivity contribution in [2.45, 2.75) is 6.18 Å². The molecule has 0 saturated heterocycles. The summed E-state index contributed by atoms with van der Waals surface area (Å²) in [6.45, 7) is 0. The Morgan fingerprint density at radius 1 is 1.24 bits per heavy atom. The van der Waals surface area contributed by atoms with E-state index in [1.807, 2.05) is 0 Å². The van der Waals surface area contributed by atoms with Gasteiger partial charge in [0.2, 0.25) is 5.95 Å². The topological polar surface area (TPSA) is 51.8 Å². The van der Waals surface area contributed by atoms with E-state index >= 15 is 0 Å². The zero-order chi connectivity index (χ0) is 12.6. The molecule has 0 aromatic carbocycles. The summed E-state index contributed by atoms with van der Waals surface area (Å²) in [6, 6.07) is 4.00. The molecule has 0 unspecified atom stereocenters. The SMILES string of the molecule is Nc1nc(-c2ccc(Cl)s2)cc(C(F)(F)F)n1. The number of hydrogen-bond donors (Lipinski definition) is 1. The van der Waals surface area contributed by atoms with Gasteiger partial charge in [0.05, 0.1) is 14.9 Å². The molecule has 2 rings (SSSR count). The molecule has 8 heteroatoms. The van der Waals surface area contributed by atoms with Crippen LogP contribution in [0.2, 0.25) is 4.34 Å². The van der Waals surface area contributed by atoms with Crippen molar-refractivity contribution in [2.75, 3.05) is 5.73 Å². The standard InChI is InChI=1S/C9H5ClF3N3S/c10-7-2-1-5(17-7)4-3-6(9(11,12)13)16-8(14)15-4/h1-3H,(H2,14,15,16). The normalized spacial score (nSPS) is 11.8. The summed E-state index contributed by atoms with van der Waals surface area (Å²) in [7, 11) is 0. The zero-order valence-electron chi connectivity index (χ0n) is 8.12. The summed E-state index contributed by atoms with van der Waals surface area (Å²) in [6.07, 6.45) is -4.55. The number of aromatic nitrogens is 2. The first-order valence-corrected chi connectivity index (χ1v) is 5.53. The number of hydrogen-bond acceptors (Lipinski definition) is 4. The fourth-order valence-corrected chi connectivity index (χ4v) is 2.19. The highest BCUT2D eigenvalue weighted by molar-refractivity contribution is 7.19. The Kier molecular flexibility index (Phi) is 2.96. The molecule has 0 atom stereocenters. The summed E-state index contributed by atoms with van der Waals surface area (Å²) < 4.78 is 38.0. The summed E-state index contributed by atoms with van der Waals surface area (Å²) in [5, 5.41) is 0. The van der Waals surface area contributed by atoms with Crippen molar-refractivity contribution in [1.29, 1.82) is 0 Å². The van der Waals surface area contributed by atoms with Gasteiger partial charge in [-0.15, -0.1) is 11.3 Å². The fourth-order valence-electron chi connectivity index (χ4n) is 1.19. The van der Waals surface area contributed by atoms with Crippen LogP contribution in [0, 0.1) is 0 Å². The van der Waals surface area contributed by atoms with E-state index in [9.17, 15) is 13.2 Å². The molecule has 2 aromatic rings. The molecule has 0 fully saturated rings. The largest absolute Gasteiger partial charge is 0.433 e. The van der Waals surface area contributed by atoms with Crippen molar-refractivity contribution in [1.82, 2.24) is 9.97 Å². The van der Waals surface area contributed by atoms with E-state index in [1.165, 1.54) is 0 Å². The monoisotopic (exact) mass is 279 g/mol. The Morgan fingerprint density at radius 2 is 1.94 bits per heavy atom. The van der Waals surface area contributed by atoms with Crippen LogP contribution in [0.4, 0.5) is 19.1 Å². The van der Waals surface area contributed by atoms with Crippen molar-refractivity contribution >= 4 is 28.9 Å². The molecule has 17 heavy (non-hydrogen) atoms. The molecular weight excluding hydrogens is 275 g/mol. The molecule has 0 aliphatic heterocycles. The van der Waals surface area contributed by atoms with E-state index in [0.29, 0.717) is 9.21 Å². The molecule has 0 spiro atoms. The van der Waals surface area contributed by atoms with E-state index in [1.54, 1.807) is 12.1 Å². The van der Waals surface area contributed by atoms with Gasteiger partial charge in [-0.1, -0.05) is 11.6 Å². The van der Waals surface area contributed by atoms with Gasteiger partial charge in [0.25, 0.3) is 0 Å². The van der Waals surface area contributed by atoms with Crippen molar-refractivity contribution in [3.8, 4) is 10.6 Å². The highest BCUT2D eigenvalue weighted by Crippen LogP contribution is 2.34. The first-order valence-electron chi connectivity index (χ1n) is 4.34. The van der Waals surface area contributed by atoms with Gasteiger partial charge in [0.15, 0.2) is 5.69 Å². The smallest absolute Gasteiger partial charge is 0.368 e. The second-order valence-electron chi connectivity index (χ2n) is 3.10. The van der Waals surface area contributed by atoms with Crippen molar-refractivity contribution in [3.63, 3.8) is 0 Å². The lowest BCUT2D eigenvalue weighted by Crippen LogP contribution is -2.11. The van der Waals surface area contributed by atoms with Gasteiger partial charge in [-0.25, -0.2) is 9.97 Å². The van der Waals surface area contributed by atoms with Gasteiger partial charge in [-0.2, -0.15) is 13.2 Å². The average molecular weight is 280 g/mol. The van der Waals surface area contributed by atoms with Crippen LogP contribution in [0.3, 0.4) is 0 Å². The molecule has 0 aliphatic rings. The predicted molar refractivity (Wildman–Crippen MR) is 59.8 cm³/mol.